The molecule has 0 aliphatic rings. The van der Waals surface area contributed by atoms with Crippen molar-refractivity contribution in [3.63, 3.8) is 0 Å². The highest BCUT2D eigenvalue weighted by atomic mass is 16.1. The first-order valence-corrected chi connectivity index (χ1v) is 8.53. The summed E-state index contributed by atoms with van der Waals surface area (Å²) in [5.74, 6) is 0.809. The van der Waals surface area contributed by atoms with Crippen molar-refractivity contribution in [1.82, 2.24) is 29.6 Å². The molecule has 4 rings (SSSR count). The molecule has 0 saturated carbocycles. The Morgan fingerprint density at radius 1 is 1.04 bits per heavy atom. The van der Waals surface area contributed by atoms with Crippen molar-refractivity contribution in [1.29, 1.82) is 0 Å². The lowest BCUT2D eigenvalue weighted by molar-refractivity contribution is 0.0951. The van der Waals surface area contributed by atoms with Crippen molar-refractivity contribution >= 4 is 5.91 Å². The molecule has 0 aliphatic carbocycles. The first-order valence-electron chi connectivity index (χ1n) is 8.53. The molecule has 1 amide bonds. The predicted molar refractivity (Wildman–Crippen MR) is 101 cm³/mol. The normalized spacial score (nSPS) is 10.7. The van der Waals surface area contributed by atoms with E-state index >= 15 is 0 Å². The molecule has 2 heterocycles. The van der Waals surface area contributed by atoms with E-state index in [0.717, 1.165) is 22.8 Å². The topological polar surface area (TPSA) is 77.6 Å². The summed E-state index contributed by atoms with van der Waals surface area (Å²) in [5.41, 5.74) is 3.50. The molecule has 134 valence electrons. The van der Waals surface area contributed by atoms with Crippen LogP contribution in [0.5, 0.6) is 0 Å². The molecule has 27 heavy (non-hydrogen) atoms. The molecule has 0 atom stereocenters. The molecule has 4 aromatic rings. The van der Waals surface area contributed by atoms with Gasteiger partial charge in [0.1, 0.15) is 18.5 Å². The van der Waals surface area contributed by atoms with E-state index in [1.54, 1.807) is 29.5 Å². The summed E-state index contributed by atoms with van der Waals surface area (Å²) in [5, 5.41) is 10.5. The second-order valence-electron chi connectivity index (χ2n) is 6.11. The molecular weight excluding hydrogens is 340 g/mol. The molecule has 1 N–H and O–H groups in total. The number of hydrogen-bond donors (Lipinski definition) is 1. The number of imidazole rings is 1. The highest BCUT2D eigenvalue weighted by Crippen LogP contribution is 2.13. The Morgan fingerprint density at radius 3 is 2.52 bits per heavy atom. The van der Waals surface area contributed by atoms with Gasteiger partial charge in [-0.05, 0) is 42.8 Å². The van der Waals surface area contributed by atoms with Gasteiger partial charge in [0, 0.05) is 35.9 Å². The fourth-order valence-corrected chi connectivity index (χ4v) is 2.85. The molecule has 2 aromatic carbocycles. The number of amides is 1. The predicted octanol–water partition coefficient (Wildman–Crippen LogP) is 2.69. The average Bonchev–Trinajstić information content (AvgIpc) is 3.38. The van der Waals surface area contributed by atoms with Crippen molar-refractivity contribution < 1.29 is 4.79 Å². The fraction of sp³-hybridized carbons (Fsp3) is 0.100. The summed E-state index contributed by atoms with van der Waals surface area (Å²) < 4.78 is 3.77. The Labute approximate surface area is 156 Å². The van der Waals surface area contributed by atoms with Gasteiger partial charge >= 0.3 is 0 Å². The van der Waals surface area contributed by atoms with Crippen molar-refractivity contribution in [3.8, 4) is 11.4 Å². The highest BCUT2D eigenvalue weighted by Gasteiger charge is 2.07. The molecule has 0 saturated heterocycles. The largest absolute Gasteiger partial charge is 0.348 e. The molecule has 7 nitrogen and oxygen atoms in total. The summed E-state index contributed by atoms with van der Waals surface area (Å²) in [6.45, 7) is 2.42. The maximum atomic E-state index is 12.5. The maximum absolute atomic E-state index is 12.5. The Kier molecular flexibility index (Phi) is 4.49. The van der Waals surface area contributed by atoms with Crippen LogP contribution in [0.2, 0.25) is 0 Å². The summed E-state index contributed by atoms with van der Waals surface area (Å²) in [6, 6.07) is 15.4. The number of benzene rings is 2. The molecule has 0 spiro atoms. The van der Waals surface area contributed by atoms with Crippen LogP contribution >= 0.6 is 0 Å². The van der Waals surface area contributed by atoms with Crippen LogP contribution in [0.3, 0.4) is 0 Å². The monoisotopic (exact) mass is 358 g/mol. The van der Waals surface area contributed by atoms with E-state index in [9.17, 15) is 4.79 Å². The van der Waals surface area contributed by atoms with Crippen LogP contribution in [0, 0.1) is 6.92 Å². The lowest BCUT2D eigenvalue weighted by Gasteiger charge is -2.09. The quantitative estimate of drug-likeness (QED) is 0.595. The molecule has 0 radical (unpaired) electrons. The zero-order valence-electron chi connectivity index (χ0n) is 14.8. The minimum absolute atomic E-state index is 0.126. The summed E-state index contributed by atoms with van der Waals surface area (Å²) in [7, 11) is 0. The SMILES string of the molecule is Cc1nccn1-c1ccc(CNC(=O)c2cccc(-n3cnnc3)c2)cc1. The number of nitrogens with zero attached hydrogens (tertiary/aromatic N) is 5. The Balaban J connectivity index is 1.42. The van der Waals surface area contributed by atoms with E-state index in [4.69, 9.17) is 0 Å². The molecule has 0 aliphatic heterocycles. The number of carbonyl (C=O) groups excluding carboxylic acids is 1. The molecule has 7 heteroatoms. The van der Waals surface area contributed by atoms with Crippen LogP contribution in [0.1, 0.15) is 21.7 Å². The number of aryl methyl sites for hydroxylation is 1. The van der Waals surface area contributed by atoms with Crippen LogP contribution in [0.4, 0.5) is 0 Å². The summed E-state index contributed by atoms with van der Waals surface area (Å²) >= 11 is 0. The standard InChI is InChI=1S/C20H18N6O/c1-15-21-9-10-26(15)18-7-5-16(6-8-18)12-22-20(27)17-3-2-4-19(11-17)25-13-23-24-14-25/h2-11,13-14H,12H2,1H3,(H,22,27). The average molecular weight is 358 g/mol. The van der Waals surface area contributed by atoms with E-state index < -0.39 is 0 Å². The molecule has 0 fully saturated rings. The second-order valence-corrected chi connectivity index (χ2v) is 6.11. The number of carbonyl (C=O) groups is 1. The Bertz CT molecular complexity index is 1050. The smallest absolute Gasteiger partial charge is 0.251 e. The Morgan fingerprint density at radius 2 is 1.81 bits per heavy atom. The second kappa shape index (κ2) is 7.25. The van der Waals surface area contributed by atoms with Gasteiger partial charge in [-0.15, -0.1) is 10.2 Å². The van der Waals surface area contributed by atoms with Gasteiger partial charge in [0.05, 0.1) is 0 Å². The van der Waals surface area contributed by atoms with Crippen molar-refractivity contribution in [2.45, 2.75) is 13.5 Å². The minimum Gasteiger partial charge on any atom is -0.348 e. The van der Waals surface area contributed by atoms with E-state index in [-0.39, 0.29) is 5.91 Å². The van der Waals surface area contributed by atoms with E-state index in [2.05, 4.69) is 20.5 Å². The van der Waals surface area contributed by atoms with Crippen LogP contribution in [0.15, 0.2) is 73.6 Å². The van der Waals surface area contributed by atoms with Gasteiger partial charge in [-0.2, -0.15) is 0 Å². The van der Waals surface area contributed by atoms with Gasteiger partial charge < -0.3 is 9.88 Å². The van der Waals surface area contributed by atoms with Gasteiger partial charge in [-0.3, -0.25) is 9.36 Å². The third-order valence-corrected chi connectivity index (χ3v) is 4.32. The first-order chi connectivity index (χ1) is 13.2. The zero-order chi connectivity index (χ0) is 18.6. The molecular formula is C20H18N6O. The van der Waals surface area contributed by atoms with Crippen LogP contribution in [0.25, 0.3) is 11.4 Å². The maximum Gasteiger partial charge on any atom is 0.251 e. The zero-order valence-corrected chi connectivity index (χ0v) is 14.8. The molecule has 0 bridgehead atoms. The van der Waals surface area contributed by atoms with Gasteiger partial charge in [0.2, 0.25) is 0 Å². The van der Waals surface area contributed by atoms with E-state index in [1.165, 1.54) is 0 Å². The van der Waals surface area contributed by atoms with Crippen LogP contribution in [-0.4, -0.2) is 30.2 Å². The molecule has 2 aromatic heterocycles. The van der Waals surface area contributed by atoms with Crippen molar-refractivity contribution in [2.24, 2.45) is 0 Å². The number of rotatable bonds is 5. The van der Waals surface area contributed by atoms with Crippen molar-refractivity contribution in [3.05, 3.63) is 90.5 Å². The minimum atomic E-state index is -0.126. The summed E-state index contributed by atoms with van der Waals surface area (Å²) in [6.07, 6.45) is 6.90. The number of aromatic nitrogens is 5. The van der Waals surface area contributed by atoms with Gasteiger partial charge in [-0.1, -0.05) is 18.2 Å². The van der Waals surface area contributed by atoms with Crippen molar-refractivity contribution in [2.75, 3.05) is 0 Å². The third-order valence-electron chi connectivity index (χ3n) is 4.32. The lowest BCUT2D eigenvalue weighted by atomic mass is 10.1. The van der Waals surface area contributed by atoms with Gasteiger partial charge in [0.25, 0.3) is 5.91 Å². The number of nitrogens with one attached hydrogen (secondary N) is 1. The van der Waals surface area contributed by atoms with Gasteiger partial charge in [0.15, 0.2) is 0 Å². The summed E-state index contributed by atoms with van der Waals surface area (Å²) in [4.78, 5) is 16.7. The lowest BCUT2D eigenvalue weighted by Crippen LogP contribution is -2.22. The number of hydrogen-bond acceptors (Lipinski definition) is 4. The van der Waals surface area contributed by atoms with Gasteiger partial charge in [-0.25, -0.2) is 4.98 Å². The van der Waals surface area contributed by atoms with E-state index in [1.807, 2.05) is 60.2 Å². The van der Waals surface area contributed by atoms with Crippen LogP contribution < -0.4 is 5.32 Å². The first kappa shape index (κ1) is 16.7. The Hall–Kier alpha value is -3.74. The fourth-order valence-electron chi connectivity index (χ4n) is 2.85. The molecule has 0 unspecified atom stereocenters. The van der Waals surface area contributed by atoms with E-state index in [0.29, 0.717) is 12.1 Å². The third kappa shape index (κ3) is 3.62. The highest BCUT2D eigenvalue weighted by molar-refractivity contribution is 5.94. The van der Waals surface area contributed by atoms with Crippen LogP contribution in [-0.2, 0) is 6.54 Å².